The second-order valence-corrected chi connectivity index (χ2v) is 11.5. The van der Waals surface area contributed by atoms with Gasteiger partial charge in [0.1, 0.15) is 17.8 Å². The molecule has 4 aliphatic rings. The van der Waals surface area contributed by atoms with Crippen LogP contribution < -0.4 is 20.7 Å². The first-order valence-corrected chi connectivity index (χ1v) is 14.1. The standard InChI is InChI=1S/C27H36N4O4S/c1-3-18(28-2)24(32)30-20-11-15-36-22-16-27(12-6-7-13-27)23(31(22)26(20)34)25(33)29-19-10-14-35-21-9-5-4-8-17(19)21/h4-9,18-20,22-23,28H,3,10-16H2,1-2H3,(H,29,33)(H,30,32)/t18-,19+,20-,22?,23+/m0/s1. The van der Waals surface area contributed by atoms with Crippen molar-refractivity contribution in [3.05, 3.63) is 42.0 Å². The molecule has 1 aliphatic carbocycles. The summed E-state index contributed by atoms with van der Waals surface area (Å²) < 4.78 is 5.79. The van der Waals surface area contributed by atoms with E-state index in [9.17, 15) is 14.4 Å². The Morgan fingerprint density at radius 3 is 2.69 bits per heavy atom. The smallest absolute Gasteiger partial charge is 0.246 e. The predicted octanol–water partition coefficient (Wildman–Crippen LogP) is 2.51. The fourth-order valence-corrected chi connectivity index (χ4v) is 7.72. The molecular formula is C27H36N4O4S. The van der Waals surface area contributed by atoms with Gasteiger partial charge in [-0.2, -0.15) is 0 Å². The Morgan fingerprint density at radius 2 is 1.94 bits per heavy atom. The number of rotatable bonds is 6. The summed E-state index contributed by atoms with van der Waals surface area (Å²) in [5, 5.41) is 9.22. The van der Waals surface area contributed by atoms with Gasteiger partial charge in [0.25, 0.3) is 0 Å². The lowest BCUT2D eigenvalue weighted by molar-refractivity contribution is -0.144. The van der Waals surface area contributed by atoms with E-state index in [0.29, 0.717) is 25.9 Å². The molecule has 2 saturated heterocycles. The number of hydrogen-bond acceptors (Lipinski definition) is 6. The molecule has 3 heterocycles. The maximum atomic E-state index is 14.0. The monoisotopic (exact) mass is 512 g/mol. The average molecular weight is 513 g/mol. The molecule has 2 fully saturated rings. The van der Waals surface area contributed by atoms with Crippen molar-refractivity contribution in [1.29, 1.82) is 0 Å². The molecular weight excluding hydrogens is 476 g/mol. The van der Waals surface area contributed by atoms with Crippen LogP contribution in [0.4, 0.5) is 0 Å². The molecule has 3 amide bonds. The number of carbonyl (C=O) groups is 3. The maximum absolute atomic E-state index is 14.0. The summed E-state index contributed by atoms with van der Waals surface area (Å²) >= 11 is 1.74. The molecule has 3 N–H and O–H groups in total. The fraction of sp³-hybridized carbons (Fsp3) is 0.593. The van der Waals surface area contributed by atoms with Crippen LogP contribution in [0, 0.1) is 5.41 Å². The average Bonchev–Trinajstić information content (AvgIpc) is 3.44. The minimum absolute atomic E-state index is 0.0664. The van der Waals surface area contributed by atoms with E-state index in [0.717, 1.165) is 36.3 Å². The fourth-order valence-electron chi connectivity index (χ4n) is 6.24. The molecule has 3 aliphatic heterocycles. The topological polar surface area (TPSA) is 99.8 Å². The number of benzene rings is 1. The summed E-state index contributed by atoms with van der Waals surface area (Å²) in [6.45, 7) is 2.48. The van der Waals surface area contributed by atoms with Crippen molar-refractivity contribution in [3.63, 3.8) is 0 Å². The largest absolute Gasteiger partial charge is 0.493 e. The number of hydrogen-bond donors (Lipinski definition) is 3. The first kappa shape index (κ1) is 25.1. The van der Waals surface area contributed by atoms with Crippen molar-refractivity contribution in [3.8, 4) is 5.75 Å². The highest BCUT2D eigenvalue weighted by Crippen LogP contribution is 2.53. The van der Waals surface area contributed by atoms with E-state index in [1.54, 1.807) is 18.8 Å². The summed E-state index contributed by atoms with van der Waals surface area (Å²) in [5.74, 6) is 1.15. The van der Waals surface area contributed by atoms with Crippen LogP contribution in [0.1, 0.15) is 57.1 Å². The first-order valence-electron chi connectivity index (χ1n) is 13.1. The summed E-state index contributed by atoms with van der Waals surface area (Å²) in [6.07, 6.45) is 8.52. The van der Waals surface area contributed by atoms with E-state index in [2.05, 4.69) is 28.1 Å². The van der Waals surface area contributed by atoms with E-state index >= 15 is 0 Å². The SMILES string of the molecule is CC[C@H](NC)C(=O)N[C@H]1CCSC2CC3(CC=CC3)[C@@H](C(=O)N[C@@H]3CCOc4ccccc43)N2C1=O. The Hall–Kier alpha value is -2.52. The van der Waals surface area contributed by atoms with Crippen LogP contribution in [-0.4, -0.2) is 65.5 Å². The minimum atomic E-state index is -0.624. The Bertz CT molecular complexity index is 1030. The number of carbonyl (C=O) groups excluding carboxylic acids is 3. The Morgan fingerprint density at radius 1 is 1.17 bits per heavy atom. The number of fused-ring (bicyclic) bond motifs is 2. The van der Waals surface area contributed by atoms with E-state index in [4.69, 9.17) is 4.74 Å². The van der Waals surface area contributed by atoms with Crippen LogP contribution in [0.5, 0.6) is 5.75 Å². The summed E-state index contributed by atoms with van der Waals surface area (Å²) in [6, 6.07) is 6.12. The molecule has 36 heavy (non-hydrogen) atoms. The zero-order valence-corrected chi connectivity index (χ0v) is 21.8. The number of para-hydroxylation sites is 1. The molecule has 1 aromatic carbocycles. The zero-order chi connectivity index (χ0) is 25.3. The molecule has 0 radical (unpaired) electrons. The van der Waals surface area contributed by atoms with Gasteiger partial charge < -0.3 is 25.6 Å². The molecule has 5 atom stereocenters. The van der Waals surface area contributed by atoms with Crippen LogP contribution in [-0.2, 0) is 14.4 Å². The summed E-state index contributed by atoms with van der Waals surface area (Å²) in [5.41, 5.74) is 0.676. The van der Waals surface area contributed by atoms with Gasteiger partial charge in [0.2, 0.25) is 17.7 Å². The van der Waals surface area contributed by atoms with Crippen molar-refractivity contribution in [2.24, 2.45) is 5.41 Å². The van der Waals surface area contributed by atoms with E-state index in [1.165, 1.54) is 0 Å². The Labute approximate surface area is 217 Å². The van der Waals surface area contributed by atoms with Crippen molar-refractivity contribution >= 4 is 29.5 Å². The van der Waals surface area contributed by atoms with E-state index in [-0.39, 0.29) is 40.6 Å². The van der Waals surface area contributed by atoms with Crippen molar-refractivity contribution < 1.29 is 19.1 Å². The molecule has 8 nitrogen and oxygen atoms in total. The van der Waals surface area contributed by atoms with Gasteiger partial charge in [-0.25, -0.2) is 0 Å². The van der Waals surface area contributed by atoms with Gasteiger partial charge in [0, 0.05) is 17.4 Å². The quantitative estimate of drug-likeness (QED) is 0.507. The first-order chi connectivity index (χ1) is 17.5. The van der Waals surface area contributed by atoms with Crippen molar-refractivity contribution in [2.45, 2.75) is 75.0 Å². The highest BCUT2D eigenvalue weighted by atomic mass is 32.2. The normalized spacial score (nSPS) is 29.2. The third-order valence-electron chi connectivity index (χ3n) is 8.15. The molecule has 0 saturated carbocycles. The third-order valence-corrected chi connectivity index (χ3v) is 9.40. The van der Waals surface area contributed by atoms with Gasteiger partial charge >= 0.3 is 0 Å². The second kappa shape index (κ2) is 10.5. The predicted molar refractivity (Wildman–Crippen MR) is 139 cm³/mol. The third kappa shape index (κ3) is 4.52. The van der Waals surface area contributed by atoms with Gasteiger partial charge in [-0.3, -0.25) is 14.4 Å². The number of ether oxygens (including phenoxy) is 1. The lowest BCUT2D eigenvalue weighted by Gasteiger charge is -2.37. The van der Waals surface area contributed by atoms with Gasteiger partial charge in [0.15, 0.2) is 0 Å². The highest BCUT2D eigenvalue weighted by molar-refractivity contribution is 7.99. The lowest BCUT2D eigenvalue weighted by Crippen LogP contribution is -2.58. The van der Waals surface area contributed by atoms with Gasteiger partial charge in [0.05, 0.1) is 24.1 Å². The second-order valence-electron chi connectivity index (χ2n) is 10.3. The van der Waals surface area contributed by atoms with Crippen molar-refractivity contribution in [1.82, 2.24) is 20.9 Å². The van der Waals surface area contributed by atoms with Crippen LogP contribution in [0.2, 0.25) is 0 Å². The number of amides is 3. The molecule has 0 bridgehead atoms. The number of thioether (sulfide) groups is 1. The lowest BCUT2D eigenvalue weighted by atomic mass is 9.77. The number of nitrogens with zero attached hydrogens (tertiary/aromatic N) is 1. The molecule has 194 valence electrons. The van der Waals surface area contributed by atoms with Crippen LogP contribution in [0.15, 0.2) is 36.4 Å². The van der Waals surface area contributed by atoms with Crippen molar-refractivity contribution in [2.75, 3.05) is 19.4 Å². The van der Waals surface area contributed by atoms with Crippen LogP contribution >= 0.6 is 11.8 Å². The molecule has 0 aromatic heterocycles. The maximum Gasteiger partial charge on any atom is 0.246 e. The van der Waals surface area contributed by atoms with E-state index < -0.39 is 12.1 Å². The molecule has 1 spiro atoms. The van der Waals surface area contributed by atoms with Crippen LogP contribution in [0.25, 0.3) is 0 Å². The molecule has 9 heteroatoms. The molecule has 5 rings (SSSR count). The Kier molecular flexibility index (Phi) is 7.30. The summed E-state index contributed by atoms with van der Waals surface area (Å²) in [4.78, 5) is 42.6. The highest BCUT2D eigenvalue weighted by Gasteiger charge is 2.58. The van der Waals surface area contributed by atoms with E-state index in [1.807, 2.05) is 36.1 Å². The number of likely N-dealkylation sites (N-methyl/N-ethyl adjacent to an activating group) is 1. The number of allylic oxidation sites excluding steroid dienone is 2. The molecule has 1 unspecified atom stereocenters. The number of nitrogens with one attached hydrogen (secondary N) is 3. The van der Waals surface area contributed by atoms with Gasteiger partial charge in [-0.15, -0.1) is 11.8 Å². The zero-order valence-electron chi connectivity index (χ0n) is 21.0. The van der Waals surface area contributed by atoms with Gasteiger partial charge in [-0.1, -0.05) is 37.3 Å². The van der Waals surface area contributed by atoms with Crippen LogP contribution in [0.3, 0.4) is 0 Å². The summed E-state index contributed by atoms with van der Waals surface area (Å²) in [7, 11) is 1.75. The van der Waals surface area contributed by atoms with Gasteiger partial charge in [-0.05, 0) is 51.0 Å². The Balaban J connectivity index is 1.41. The molecule has 1 aromatic rings. The minimum Gasteiger partial charge on any atom is -0.493 e.